The van der Waals surface area contributed by atoms with Gasteiger partial charge < -0.3 is 9.15 Å². The van der Waals surface area contributed by atoms with E-state index in [1.807, 2.05) is 30.3 Å². The molecular formula is C17H13NO3. The van der Waals surface area contributed by atoms with Gasteiger partial charge >= 0.3 is 5.97 Å². The van der Waals surface area contributed by atoms with Crippen molar-refractivity contribution >= 4 is 17.1 Å². The van der Waals surface area contributed by atoms with E-state index in [1.165, 1.54) is 0 Å². The Kier molecular flexibility index (Phi) is 3.28. The van der Waals surface area contributed by atoms with Gasteiger partial charge in [0.1, 0.15) is 11.3 Å². The van der Waals surface area contributed by atoms with E-state index in [2.05, 4.69) is 11.6 Å². The second-order valence-corrected chi connectivity index (χ2v) is 4.65. The standard InChI is InChI=1S/C17H13NO3/c1-11(2)17(19)21-14-9-5-3-7-12(14)16-18-13-8-4-6-10-15(13)20-16/h3-10H,1H2,2H3. The van der Waals surface area contributed by atoms with Crippen LogP contribution in [0, 0.1) is 0 Å². The minimum absolute atomic E-state index is 0.336. The predicted octanol–water partition coefficient (Wildman–Crippen LogP) is 3.98. The van der Waals surface area contributed by atoms with Gasteiger partial charge in [-0.2, -0.15) is 0 Å². The number of ether oxygens (including phenoxy) is 1. The fourth-order valence-corrected chi connectivity index (χ4v) is 1.91. The summed E-state index contributed by atoms with van der Waals surface area (Å²) < 4.78 is 11.0. The fourth-order valence-electron chi connectivity index (χ4n) is 1.91. The Labute approximate surface area is 121 Å². The molecule has 0 fully saturated rings. The van der Waals surface area contributed by atoms with Gasteiger partial charge in [0, 0.05) is 5.57 Å². The lowest BCUT2D eigenvalue weighted by Crippen LogP contribution is -2.08. The highest BCUT2D eigenvalue weighted by Gasteiger charge is 2.15. The number of oxazole rings is 1. The number of hydrogen-bond donors (Lipinski definition) is 0. The molecule has 1 aromatic heterocycles. The largest absolute Gasteiger partial charge is 0.436 e. The van der Waals surface area contributed by atoms with Crippen LogP contribution in [0.5, 0.6) is 5.75 Å². The van der Waals surface area contributed by atoms with Crippen LogP contribution in [0.1, 0.15) is 6.92 Å². The Morgan fingerprint density at radius 3 is 2.62 bits per heavy atom. The third-order valence-electron chi connectivity index (χ3n) is 2.96. The molecular weight excluding hydrogens is 266 g/mol. The summed E-state index contributed by atoms with van der Waals surface area (Å²) in [5.41, 5.74) is 2.41. The van der Waals surface area contributed by atoms with E-state index in [-0.39, 0.29) is 0 Å². The quantitative estimate of drug-likeness (QED) is 0.413. The van der Waals surface area contributed by atoms with Crippen LogP contribution in [0.25, 0.3) is 22.6 Å². The molecule has 0 aliphatic rings. The highest BCUT2D eigenvalue weighted by Crippen LogP contribution is 2.31. The van der Waals surface area contributed by atoms with E-state index in [0.717, 1.165) is 5.52 Å². The molecule has 3 aromatic rings. The third kappa shape index (κ3) is 2.56. The third-order valence-corrected chi connectivity index (χ3v) is 2.96. The smallest absolute Gasteiger partial charge is 0.338 e. The summed E-state index contributed by atoms with van der Waals surface area (Å²) in [6, 6.07) is 14.6. The Morgan fingerprint density at radius 1 is 1.14 bits per heavy atom. The van der Waals surface area contributed by atoms with Crippen LogP contribution < -0.4 is 4.74 Å². The second kappa shape index (κ2) is 5.25. The van der Waals surface area contributed by atoms with Crippen LogP contribution >= 0.6 is 0 Å². The highest BCUT2D eigenvalue weighted by molar-refractivity contribution is 5.90. The number of rotatable bonds is 3. The number of benzene rings is 2. The topological polar surface area (TPSA) is 52.3 Å². The molecule has 104 valence electrons. The van der Waals surface area contributed by atoms with Crippen molar-refractivity contribution in [2.45, 2.75) is 6.92 Å². The number of carbonyl (C=O) groups excluding carboxylic acids is 1. The zero-order chi connectivity index (χ0) is 14.8. The molecule has 1 heterocycles. The predicted molar refractivity (Wildman–Crippen MR) is 79.9 cm³/mol. The fraction of sp³-hybridized carbons (Fsp3) is 0.0588. The number of carbonyl (C=O) groups is 1. The number of fused-ring (bicyclic) bond motifs is 1. The van der Waals surface area contributed by atoms with Gasteiger partial charge in [-0.3, -0.25) is 0 Å². The Balaban J connectivity index is 2.05. The monoisotopic (exact) mass is 279 g/mol. The van der Waals surface area contributed by atoms with E-state index in [0.29, 0.717) is 28.4 Å². The Morgan fingerprint density at radius 2 is 1.86 bits per heavy atom. The lowest BCUT2D eigenvalue weighted by molar-refractivity contribution is -0.130. The zero-order valence-electron chi connectivity index (χ0n) is 11.5. The van der Waals surface area contributed by atoms with Crippen LogP contribution in [0.2, 0.25) is 0 Å². The molecule has 0 spiro atoms. The van der Waals surface area contributed by atoms with Gasteiger partial charge in [-0.1, -0.05) is 30.8 Å². The van der Waals surface area contributed by atoms with E-state index in [9.17, 15) is 4.79 Å². The van der Waals surface area contributed by atoms with Crippen LogP contribution in [0.15, 0.2) is 65.1 Å². The van der Waals surface area contributed by atoms with Crippen molar-refractivity contribution in [2.24, 2.45) is 0 Å². The van der Waals surface area contributed by atoms with Gasteiger partial charge in [0.25, 0.3) is 0 Å². The van der Waals surface area contributed by atoms with E-state index in [4.69, 9.17) is 9.15 Å². The van der Waals surface area contributed by atoms with E-state index in [1.54, 1.807) is 25.1 Å². The van der Waals surface area contributed by atoms with Crippen molar-refractivity contribution in [1.82, 2.24) is 4.98 Å². The molecule has 2 aromatic carbocycles. The number of nitrogens with zero attached hydrogens (tertiary/aromatic N) is 1. The van der Waals surface area contributed by atoms with Crippen LogP contribution in [-0.2, 0) is 4.79 Å². The van der Waals surface area contributed by atoms with Gasteiger partial charge in [0.05, 0.1) is 5.56 Å². The van der Waals surface area contributed by atoms with E-state index < -0.39 is 5.97 Å². The van der Waals surface area contributed by atoms with Gasteiger partial charge in [-0.05, 0) is 31.2 Å². The van der Waals surface area contributed by atoms with E-state index >= 15 is 0 Å². The molecule has 0 aliphatic heterocycles. The molecule has 0 amide bonds. The molecule has 0 saturated heterocycles. The summed E-state index contributed by atoms with van der Waals surface area (Å²) >= 11 is 0. The minimum atomic E-state index is -0.474. The molecule has 0 unspecified atom stereocenters. The molecule has 4 heteroatoms. The maximum atomic E-state index is 11.7. The molecule has 3 rings (SSSR count). The SMILES string of the molecule is C=C(C)C(=O)Oc1ccccc1-c1nc2ccccc2o1. The van der Waals surface area contributed by atoms with Crippen molar-refractivity contribution in [3.8, 4) is 17.2 Å². The van der Waals surface area contributed by atoms with Gasteiger partial charge in [0.2, 0.25) is 5.89 Å². The zero-order valence-corrected chi connectivity index (χ0v) is 11.5. The molecule has 0 bridgehead atoms. The van der Waals surface area contributed by atoms with Crippen molar-refractivity contribution < 1.29 is 13.9 Å². The second-order valence-electron chi connectivity index (χ2n) is 4.65. The molecule has 21 heavy (non-hydrogen) atoms. The molecule has 0 N–H and O–H groups in total. The minimum Gasteiger partial charge on any atom is -0.436 e. The summed E-state index contributed by atoms with van der Waals surface area (Å²) in [5.74, 6) is 0.344. The first-order valence-electron chi connectivity index (χ1n) is 6.48. The maximum Gasteiger partial charge on any atom is 0.338 e. The van der Waals surface area contributed by atoms with Crippen LogP contribution in [0.4, 0.5) is 0 Å². The normalized spacial score (nSPS) is 10.5. The average Bonchev–Trinajstić information content (AvgIpc) is 2.91. The van der Waals surface area contributed by atoms with Crippen LogP contribution in [-0.4, -0.2) is 11.0 Å². The average molecular weight is 279 g/mol. The van der Waals surface area contributed by atoms with Crippen molar-refractivity contribution in [1.29, 1.82) is 0 Å². The number of para-hydroxylation sites is 3. The van der Waals surface area contributed by atoms with Crippen molar-refractivity contribution in [2.75, 3.05) is 0 Å². The first-order chi connectivity index (χ1) is 10.1. The number of esters is 1. The molecule has 0 radical (unpaired) electrons. The summed E-state index contributed by atoms with van der Waals surface area (Å²) in [4.78, 5) is 16.1. The van der Waals surface area contributed by atoms with Crippen molar-refractivity contribution in [3.63, 3.8) is 0 Å². The summed E-state index contributed by atoms with van der Waals surface area (Å²) in [7, 11) is 0. The summed E-state index contributed by atoms with van der Waals surface area (Å²) in [6.45, 7) is 5.18. The van der Waals surface area contributed by atoms with Gasteiger partial charge in [-0.15, -0.1) is 0 Å². The maximum absolute atomic E-state index is 11.7. The summed E-state index contributed by atoms with van der Waals surface area (Å²) in [6.07, 6.45) is 0. The lowest BCUT2D eigenvalue weighted by Gasteiger charge is -2.07. The lowest BCUT2D eigenvalue weighted by atomic mass is 10.2. The number of hydrogen-bond acceptors (Lipinski definition) is 4. The molecule has 4 nitrogen and oxygen atoms in total. The molecule has 0 saturated carbocycles. The van der Waals surface area contributed by atoms with Gasteiger partial charge in [-0.25, -0.2) is 9.78 Å². The highest BCUT2D eigenvalue weighted by atomic mass is 16.5. The number of aromatic nitrogens is 1. The van der Waals surface area contributed by atoms with Crippen LogP contribution in [0.3, 0.4) is 0 Å². The molecule has 0 aliphatic carbocycles. The van der Waals surface area contributed by atoms with Crippen molar-refractivity contribution in [3.05, 3.63) is 60.7 Å². The first-order valence-corrected chi connectivity index (χ1v) is 6.48. The molecule has 0 atom stereocenters. The summed E-state index contributed by atoms with van der Waals surface area (Å²) in [5, 5.41) is 0. The Hall–Kier alpha value is -2.88. The first kappa shape index (κ1) is 13.1. The van der Waals surface area contributed by atoms with Gasteiger partial charge in [0.15, 0.2) is 5.58 Å². The Bertz CT molecular complexity index is 800.